The van der Waals surface area contributed by atoms with E-state index in [1.54, 1.807) is 18.4 Å². The van der Waals surface area contributed by atoms with Crippen molar-refractivity contribution in [2.24, 2.45) is 4.99 Å². The second-order valence-electron chi connectivity index (χ2n) is 7.26. The lowest BCUT2D eigenvalue weighted by Crippen LogP contribution is -2.33. The van der Waals surface area contributed by atoms with E-state index >= 15 is 0 Å². The fourth-order valence-electron chi connectivity index (χ4n) is 3.31. The second kappa shape index (κ2) is 12.3. The van der Waals surface area contributed by atoms with Gasteiger partial charge in [-0.15, -0.1) is 11.6 Å². The lowest BCUT2D eigenvalue weighted by atomic mass is 9.93. The predicted molar refractivity (Wildman–Crippen MR) is 131 cm³/mol. The fraction of sp³-hybridized carbons (Fsp3) is 0.261. The summed E-state index contributed by atoms with van der Waals surface area (Å²) >= 11 is 12.6. The molecule has 0 aliphatic heterocycles. The monoisotopic (exact) mass is 528 g/mol. The number of nitrogens with zero attached hydrogens (tertiary/aromatic N) is 3. The molecule has 5 nitrogen and oxygen atoms in total. The van der Waals surface area contributed by atoms with Crippen LogP contribution in [0.2, 0.25) is 5.15 Å². The van der Waals surface area contributed by atoms with Crippen molar-refractivity contribution in [2.75, 3.05) is 12.1 Å². The van der Waals surface area contributed by atoms with Crippen LogP contribution >= 0.6 is 35.0 Å². The van der Waals surface area contributed by atoms with Crippen LogP contribution in [0.25, 0.3) is 5.69 Å². The quantitative estimate of drug-likeness (QED) is 0.155. The summed E-state index contributed by atoms with van der Waals surface area (Å²) in [4.78, 5) is 21.0. The maximum Gasteiger partial charge on any atom is 0.233 e. The van der Waals surface area contributed by atoms with E-state index in [1.807, 2.05) is 0 Å². The average Bonchev–Trinajstić information content (AvgIpc) is 3.22. The number of benzene rings is 2. The van der Waals surface area contributed by atoms with Gasteiger partial charge < -0.3 is 5.32 Å². The number of unbranched alkanes of at least 4 members (excludes halogenated alkanes) is 1. The highest BCUT2D eigenvalue weighted by Gasteiger charge is 2.22. The number of aromatic nitrogens is 2. The SMILES string of the molecule is CSC(=Nc1cc(F)c(-n2cnc(Cl)c2)c(F)c1)NC(=O)C(CCCCCl)c1ccc(F)cc1. The van der Waals surface area contributed by atoms with Gasteiger partial charge in [-0.3, -0.25) is 9.36 Å². The summed E-state index contributed by atoms with van der Waals surface area (Å²) in [7, 11) is 0. The number of hydrogen-bond donors (Lipinski definition) is 1. The number of carbonyl (C=O) groups is 1. The highest BCUT2D eigenvalue weighted by Crippen LogP contribution is 2.27. The summed E-state index contributed by atoms with van der Waals surface area (Å²) in [6, 6.07) is 7.80. The van der Waals surface area contributed by atoms with Crippen molar-refractivity contribution in [2.45, 2.75) is 25.2 Å². The Balaban J connectivity index is 1.83. The molecule has 0 fully saturated rings. The molecule has 0 aliphatic carbocycles. The number of hydrogen-bond acceptors (Lipinski definition) is 4. The lowest BCUT2D eigenvalue weighted by Gasteiger charge is -2.17. The number of rotatable bonds is 8. The average molecular weight is 529 g/mol. The topological polar surface area (TPSA) is 59.3 Å². The molecule has 0 bridgehead atoms. The molecule has 1 N–H and O–H groups in total. The van der Waals surface area contributed by atoms with Gasteiger partial charge in [0.05, 0.1) is 11.6 Å². The molecule has 2 aromatic carbocycles. The Kier molecular flexibility index (Phi) is 9.44. The van der Waals surface area contributed by atoms with Crippen LogP contribution in [0.15, 0.2) is 53.9 Å². The molecule has 0 aliphatic rings. The Hall–Kier alpha value is -2.49. The zero-order chi connectivity index (χ0) is 24.7. The number of amidine groups is 1. The van der Waals surface area contributed by atoms with Crippen molar-refractivity contribution >= 4 is 51.7 Å². The molecular formula is C23H21Cl2F3N4OS. The molecule has 3 aromatic rings. The minimum atomic E-state index is -0.871. The summed E-state index contributed by atoms with van der Waals surface area (Å²) in [6.45, 7) is 0. The molecule has 1 atom stereocenters. The van der Waals surface area contributed by atoms with Gasteiger partial charge in [-0.25, -0.2) is 23.1 Å². The zero-order valence-electron chi connectivity index (χ0n) is 18.1. The molecule has 1 unspecified atom stereocenters. The molecule has 0 radical (unpaired) electrons. The standard InChI is InChI=1S/C23H21Cl2F3N4OS/c1-34-23(30-16-10-18(27)21(19(28)11-16)32-12-20(25)29-13-32)31-22(33)17(4-2-3-9-24)14-5-7-15(26)8-6-14/h5-8,10-13,17H,2-4,9H2,1H3,(H,30,31,33). The number of aliphatic imine (C=N–C) groups is 1. The molecule has 3 rings (SSSR count). The molecule has 1 amide bonds. The zero-order valence-corrected chi connectivity index (χ0v) is 20.4. The fourth-order valence-corrected chi connectivity index (χ4v) is 4.04. The van der Waals surface area contributed by atoms with E-state index in [1.165, 1.54) is 24.7 Å². The predicted octanol–water partition coefficient (Wildman–Crippen LogP) is 6.60. The molecule has 0 saturated carbocycles. The van der Waals surface area contributed by atoms with E-state index in [2.05, 4.69) is 15.3 Å². The number of alkyl halides is 1. The Bertz CT molecular complexity index is 1150. The first-order chi connectivity index (χ1) is 16.3. The van der Waals surface area contributed by atoms with Crippen LogP contribution in [-0.4, -0.2) is 32.8 Å². The third-order valence-electron chi connectivity index (χ3n) is 4.93. The summed E-state index contributed by atoms with van der Waals surface area (Å²) in [5.41, 5.74) is 0.285. The first-order valence-corrected chi connectivity index (χ1v) is 12.4. The molecule has 0 saturated heterocycles. The van der Waals surface area contributed by atoms with Crippen LogP contribution in [0.3, 0.4) is 0 Å². The largest absolute Gasteiger partial charge is 0.305 e. The Morgan fingerprint density at radius 1 is 1.18 bits per heavy atom. The van der Waals surface area contributed by atoms with Crippen LogP contribution in [-0.2, 0) is 4.79 Å². The summed E-state index contributed by atoms with van der Waals surface area (Å²) < 4.78 is 43.8. The number of halogens is 5. The van der Waals surface area contributed by atoms with Crippen LogP contribution in [0, 0.1) is 17.5 Å². The van der Waals surface area contributed by atoms with Crippen LogP contribution in [0.1, 0.15) is 30.7 Å². The number of nitrogens with one attached hydrogen (secondary N) is 1. The number of amides is 1. The highest BCUT2D eigenvalue weighted by atomic mass is 35.5. The maximum atomic E-state index is 14.6. The minimum absolute atomic E-state index is 0.0184. The van der Waals surface area contributed by atoms with E-state index in [0.717, 1.165) is 34.9 Å². The molecule has 34 heavy (non-hydrogen) atoms. The minimum Gasteiger partial charge on any atom is -0.305 e. The van der Waals surface area contributed by atoms with E-state index in [-0.39, 0.29) is 27.6 Å². The summed E-state index contributed by atoms with van der Waals surface area (Å²) in [6.07, 6.45) is 6.06. The third-order valence-corrected chi connectivity index (χ3v) is 5.97. The van der Waals surface area contributed by atoms with Crippen molar-refractivity contribution in [3.8, 4) is 5.69 Å². The molecule has 180 valence electrons. The summed E-state index contributed by atoms with van der Waals surface area (Å²) in [5.74, 6) is -2.61. The normalized spacial score (nSPS) is 12.6. The summed E-state index contributed by atoms with van der Waals surface area (Å²) in [5, 5.41) is 2.97. The Morgan fingerprint density at radius 2 is 1.85 bits per heavy atom. The van der Waals surface area contributed by atoms with Crippen LogP contribution in [0.4, 0.5) is 18.9 Å². The van der Waals surface area contributed by atoms with Gasteiger partial charge in [0.25, 0.3) is 0 Å². The van der Waals surface area contributed by atoms with Gasteiger partial charge in [0, 0.05) is 24.2 Å². The molecule has 1 heterocycles. The van der Waals surface area contributed by atoms with E-state index in [4.69, 9.17) is 23.2 Å². The molecule has 1 aromatic heterocycles. The Morgan fingerprint density at radius 3 is 2.41 bits per heavy atom. The van der Waals surface area contributed by atoms with Gasteiger partial charge in [-0.05, 0) is 36.8 Å². The number of carbonyl (C=O) groups excluding carboxylic acids is 1. The third kappa shape index (κ3) is 6.77. The van der Waals surface area contributed by atoms with E-state index < -0.39 is 23.4 Å². The van der Waals surface area contributed by atoms with Crippen molar-refractivity contribution in [1.82, 2.24) is 14.9 Å². The first-order valence-electron chi connectivity index (χ1n) is 10.3. The van der Waals surface area contributed by atoms with Crippen LogP contribution < -0.4 is 5.32 Å². The van der Waals surface area contributed by atoms with Gasteiger partial charge in [0.2, 0.25) is 5.91 Å². The van der Waals surface area contributed by atoms with Crippen molar-refractivity contribution in [3.05, 3.63) is 77.1 Å². The van der Waals surface area contributed by atoms with E-state index in [9.17, 15) is 18.0 Å². The first kappa shape index (κ1) is 26.1. The van der Waals surface area contributed by atoms with Gasteiger partial charge >= 0.3 is 0 Å². The van der Waals surface area contributed by atoms with Crippen molar-refractivity contribution in [3.63, 3.8) is 0 Å². The second-order valence-corrected chi connectivity index (χ2v) is 8.82. The highest BCUT2D eigenvalue weighted by molar-refractivity contribution is 8.13. The number of thioether (sulfide) groups is 1. The Labute approximate surface area is 209 Å². The molecular weight excluding hydrogens is 508 g/mol. The van der Waals surface area contributed by atoms with Gasteiger partial charge in [-0.2, -0.15) is 0 Å². The lowest BCUT2D eigenvalue weighted by molar-refractivity contribution is -0.121. The number of imidazole rings is 1. The van der Waals surface area contributed by atoms with Crippen molar-refractivity contribution < 1.29 is 18.0 Å². The van der Waals surface area contributed by atoms with Gasteiger partial charge in [-0.1, -0.05) is 41.9 Å². The smallest absolute Gasteiger partial charge is 0.233 e. The molecule has 11 heteroatoms. The van der Waals surface area contributed by atoms with Gasteiger partial charge in [0.15, 0.2) is 16.8 Å². The maximum absolute atomic E-state index is 14.6. The van der Waals surface area contributed by atoms with Crippen LogP contribution in [0.5, 0.6) is 0 Å². The molecule has 0 spiro atoms. The van der Waals surface area contributed by atoms with E-state index in [0.29, 0.717) is 24.3 Å². The van der Waals surface area contributed by atoms with Gasteiger partial charge in [0.1, 0.15) is 23.0 Å². The van der Waals surface area contributed by atoms with Crippen molar-refractivity contribution in [1.29, 1.82) is 0 Å².